The summed E-state index contributed by atoms with van der Waals surface area (Å²) in [6, 6.07) is 16.1. The number of ether oxygens (including phenoxy) is 1. The Bertz CT molecular complexity index is 1390. The third-order valence-corrected chi connectivity index (χ3v) is 6.48. The summed E-state index contributed by atoms with van der Waals surface area (Å²) in [7, 11) is -8.04. The Labute approximate surface area is 189 Å². The number of para-hydroxylation sites is 1. The maximum absolute atomic E-state index is 13.0. The molecule has 0 bridgehead atoms. The Hall–Kier alpha value is -3.61. The maximum atomic E-state index is 13.0. The molecule has 0 atom stereocenters. The van der Waals surface area contributed by atoms with E-state index >= 15 is 0 Å². The van der Waals surface area contributed by atoms with Gasteiger partial charge in [-0.25, -0.2) is 35.9 Å². The summed E-state index contributed by atoms with van der Waals surface area (Å²) in [6.45, 7) is 0.199. The zero-order chi connectivity index (χ0) is 24.1. The molecule has 0 heterocycles. The van der Waals surface area contributed by atoms with E-state index in [9.17, 15) is 26.0 Å². The van der Waals surface area contributed by atoms with Gasteiger partial charge >= 0.3 is 6.09 Å². The predicted octanol–water partition coefficient (Wildman–Crippen LogP) is 2.57. The van der Waals surface area contributed by atoms with Crippen molar-refractivity contribution in [3.63, 3.8) is 0 Å². The lowest BCUT2D eigenvalue weighted by molar-refractivity contribution is 0.206. The lowest BCUT2D eigenvalue weighted by Gasteiger charge is -2.09. The number of rotatable bonds is 7. The van der Waals surface area contributed by atoms with Crippen LogP contribution in [0.25, 0.3) is 0 Å². The van der Waals surface area contributed by atoms with Gasteiger partial charge in [-0.2, -0.15) is 0 Å². The van der Waals surface area contributed by atoms with Crippen molar-refractivity contribution in [2.75, 3.05) is 0 Å². The molecule has 172 valence electrons. The molecule has 0 saturated heterocycles. The van der Waals surface area contributed by atoms with Crippen LogP contribution in [-0.2, 0) is 26.6 Å². The fourth-order valence-electron chi connectivity index (χ4n) is 2.62. The van der Waals surface area contributed by atoms with Crippen LogP contribution in [0.15, 0.2) is 87.6 Å². The van der Waals surface area contributed by atoms with Gasteiger partial charge in [0.1, 0.15) is 11.6 Å². The molecule has 3 aromatic carbocycles. The average Bonchev–Trinajstić information content (AvgIpc) is 2.74. The van der Waals surface area contributed by atoms with Gasteiger partial charge in [-0.3, -0.25) is 4.99 Å². The summed E-state index contributed by atoms with van der Waals surface area (Å²) < 4.78 is 66.9. The Morgan fingerprint density at radius 3 is 2.18 bits per heavy atom. The van der Waals surface area contributed by atoms with E-state index < -0.39 is 32.0 Å². The Morgan fingerprint density at radius 2 is 1.55 bits per heavy atom. The van der Waals surface area contributed by atoms with Crippen LogP contribution in [0.3, 0.4) is 0 Å². The monoisotopic (exact) mass is 491 g/mol. The van der Waals surface area contributed by atoms with Gasteiger partial charge in [-0.15, -0.1) is 0 Å². The van der Waals surface area contributed by atoms with E-state index in [4.69, 9.17) is 9.88 Å². The number of amides is 1. The molecule has 0 aliphatic heterocycles. The Morgan fingerprint density at radius 1 is 0.939 bits per heavy atom. The average molecular weight is 492 g/mol. The van der Waals surface area contributed by atoms with Crippen molar-refractivity contribution in [1.82, 2.24) is 4.72 Å². The molecular formula is C21H18FN3O6S2. The summed E-state index contributed by atoms with van der Waals surface area (Å²) in [6.07, 6.45) is 0.170. The standard InChI is InChI=1S/C21H18FN3O6S2/c22-17-7-11-19(12-8-17)33(29,30)25-21(26)31-20-4-2-1-3-16(20)14-24-13-15-5-9-18(10-6-15)32(23,27)28/h1-12,14H,13H2,(H,25,26)(H2,23,27,28). The highest BCUT2D eigenvalue weighted by Crippen LogP contribution is 2.17. The molecule has 3 rings (SSSR count). The number of hydrogen-bond acceptors (Lipinski definition) is 7. The van der Waals surface area contributed by atoms with Gasteiger partial charge in [0, 0.05) is 11.8 Å². The number of nitrogens with zero attached hydrogens (tertiary/aromatic N) is 1. The van der Waals surface area contributed by atoms with E-state index in [0.29, 0.717) is 11.1 Å². The second kappa shape index (κ2) is 9.90. The van der Waals surface area contributed by atoms with Crippen LogP contribution in [0.1, 0.15) is 11.1 Å². The molecule has 12 heteroatoms. The molecule has 9 nitrogen and oxygen atoms in total. The maximum Gasteiger partial charge on any atom is 0.426 e. The van der Waals surface area contributed by atoms with Crippen molar-refractivity contribution in [1.29, 1.82) is 0 Å². The third kappa shape index (κ3) is 6.68. The topological polar surface area (TPSA) is 145 Å². The zero-order valence-corrected chi connectivity index (χ0v) is 18.5. The van der Waals surface area contributed by atoms with Crippen LogP contribution >= 0.6 is 0 Å². The summed E-state index contributed by atoms with van der Waals surface area (Å²) in [5.74, 6) is -0.567. The van der Waals surface area contributed by atoms with Crippen molar-refractivity contribution >= 4 is 32.4 Å². The van der Waals surface area contributed by atoms with Crippen LogP contribution < -0.4 is 14.6 Å². The highest BCUT2D eigenvalue weighted by molar-refractivity contribution is 7.90. The minimum absolute atomic E-state index is 0.0180. The zero-order valence-electron chi connectivity index (χ0n) is 16.9. The van der Waals surface area contributed by atoms with E-state index in [1.165, 1.54) is 24.4 Å². The van der Waals surface area contributed by atoms with E-state index in [1.54, 1.807) is 35.1 Å². The SMILES string of the molecule is NS(=O)(=O)c1ccc(CN=Cc2ccccc2OC(=O)NS(=O)(=O)c2ccc(F)cc2)cc1. The molecule has 0 aliphatic carbocycles. The molecule has 0 spiro atoms. The molecule has 0 fully saturated rings. The minimum Gasteiger partial charge on any atom is -0.409 e. The molecule has 0 saturated carbocycles. The molecular weight excluding hydrogens is 473 g/mol. The van der Waals surface area contributed by atoms with Gasteiger partial charge in [-0.1, -0.05) is 24.3 Å². The van der Waals surface area contributed by atoms with Crippen molar-refractivity contribution in [2.45, 2.75) is 16.3 Å². The molecule has 0 aromatic heterocycles. The number of nitrogens with one attached hydrogen (secondary N) is 1. The van der Waals surface area contributed by atoms with Crippen molar-refractivity contribution < 1.29 is 30.8 Å². The molecule has 0 unspecified atom stereocenters. The number of halogens is 1. The van der Waals surface area contributed by atoms with Gasteiger partial charge in [0.05, 0.1) is 16.3 Å². The third-order valence-electron chi connectivity index (χ3n) is 4.22. The number of carbonyl (C=O) groups excluding carboxylic acids is 1. The van der Waals surface area contributed by atoms with Crippen LogP contribution in [-0.4, -0.2) is 29.1 Å². The summed E-state index contributed by atoms with van der Waals surface area (Å²) in [5.41, 5.74) is 1.10. The quantitative estimate of drug-likeness (QED) is 0.486. The number of sulfonamides is 2. The number of nitrogens with two attached hydrogens (primary N) is 1. The van der Waals surface area contributed by atoms with Gasteiger partial charge in [0.25, 0.3) is 10.0 Å². The fourth-order valence-corrected chi connectivity index (χ4v) is 4.01. The lowest BCUT2D eigenvalue weighted by atomic mass is 10.2. The second-order valence-electron chi connectivity index (χ2n) is 6.65. The Balaban J connectivity index is 1.67. The van der Waals surface area contributed by atoms with Crippen LogP contribution in [0.2, 0.25) is 0 Å². The van der Waals surface area contributed by atoms with Crippen molar-refractivity contribution in [3.05, 3.63) is 89.7 Å². The van der Waals surface area contributed by atoms with E-state index in [0.717, 1.165) is 24.3 Å². The van der Waals surface area contributed by atoms with Gasteiger partial charge in [0.2, 0.25) is 10.0 Å². The highest BCUT2D eigenvalue weighted by atomic mass is 32.2. The van der Waals surface area contributed by atoms with Gasteiger partial charge in [-0.05, 0) is 54.1 Å². The van der Waals surface area contributed by atoms with Crippen molar-refractivity contribution in [3.8, 4) is 5.75 Å². The van der Waals surface area contributed by atoms with Crippen LogP contribution in [0, 0.1) is 5.82 Å². The number of aliphatic imine (C=N–C) groups is 1. The minimum atomic E-state index is -4.25. The first-order valence-corrected chi connectivity index (χ1v) is 12.3. The van der Waals surface area contributed by atoms with Crippen molar-refractivity contribution in [2.24, 2.45) is 10.1 Å². The van der Waals surface area contributed by atoms with Gasteiger partial charge < -0.3 is 4.74 Å². The predicted molar refractivity (Wildman–Crippen MR) is 118 cm³/mol. The van der Waals surface area contributed by atoms with Gasteiger partial charge in [0.15, 0.2) is 0 Å². The smallest absolute Gasteiger partial charge is 0.409 e. The number of hydrogen-bond donors (Lipinski definition) is 2. The lowest BCUT2D eigenvalue weighted by Crippen LogP contribution is -2.33. The van der Waals surface area contributed by atoms with Crippen LogP contribution in [0.4, 0.5) is 9.18 Å². The molecule has 1 amide bonds. The number of carbonyl (C=O) groups is 1. The van der Waals surface area contributed by atoms with E-state index in [-0.39, 0.29) is 22.1 Å². The first kappa shape index (κ1) is 24.0. The molecule has 33 heavy (non-hydrogen) atoms. The number of primary sulfonamides is 1. The first-order valence-electron chi connectivity index (χ1n) is 9.25. The summed E-state index contributed by atoms with van der Waals surface area (Å²) in [4.78, 5) is 16.0. The molecule has 0 radical (unpaired) electrons. The summed E-state index contributed by atoms with van der Waals surface area (Å²) >= 11 is 0. The highest BCUT2D eigenvalue weighted by Gasteiger charge is 2.19. The van der Waals surface area contributed by atoms with E-state index in [1.807, 2.05) is 0 Å². The first-order chi connectivity index (χ1) is 15.5. The van der Waals surface area contributed by atoms with Crippen LogP contribution in [0.5, 0.6) is 5.75 Å². The fraction of sp³-hybridized carbons (Fsp3) is 0.0476. The second-order valence-corrected chi connectivity index (χ2v) is 9.89. The normalized spacial score (nSPS) is 11.9. The molecule has 3 aromatic rings. The van der Waals surface area contributed by atoms with E-state index in [2.05, 4.69) is 4.99 Å². The summed E-state index contributed by atoms with van der Waals surface area (Å²) in [5, 5.41) is 5.06. The molecule has 0 aliphatic rings. The Kier molecular flexibility index (Phi) is 7.21. The number of benzene rings is 3. The largest absolute Gasteiger partial charge is 0.426 e. The molecule has 3 N–H and O–H groups in total.